The van der Waals surface area contributed by atoms with Crippen molar-refractivity contribution in [3.05, 3.63) is 40.3 Å². The van der Waals surface area contributed by atoms with Crippen LogP contribution in [0, 0.1) is 19.8 Å². The number of carbonyl (C=O) groups is 2. The second kappa shape index (κ2) is 8.53. The van der Waals surface area contributed by atoms with Crippen molar-refractivity contribution < 1.29 is 28.5 Å². The molecule has 2 aliphatic rings. The number of esters is 1. The highest BCUT2D eigenvalue weighted by atomic mass is 35.5. The van der Waals surface area contributed by atoms with Crippen molar-refractivity contribution in [1.82, 2.24) is 0 Å². The van der Waals surface area contributed by atoms with Crippen LogP contribution in [0.5, 0.6) is 5.75 Å². The van der Waals surface area contributed by atoms with Gasteiger partial charge in [-0.3, -0.25) is 4.79 Å². The van der Waals surface area contributed by atoms with E-state index in [0.29, 0.717) is 30.0 Å². The van der Waals surface area contributed by atoms with E-state index in [2.05, 4.69) is 4.74 Å². The van der Waals surface area contributed by atoms with Crippen LogP contribution in [-0.2, 0) is 23.8 Å². The summed E-state index contributed by atoms with van der Waals surface area (Å²) in [6.07, 6.45) is 2.13. The number of ketones is 1. The van der Waals surface area contributed by atoms with Crippen LogP contribution in [0.15, 0.2) is 24.2 Å². The molecule has 0 radical (unpaired) electrons. The van der Waals surface area contributed by atoms with E-state index >= 15 is 0 Å². The number of halogens is 1. The van der Waals surface area contributed by atoms with Crippen LogP contribution < -0.4 is 4.74 Å². The lowest BCUT2D eigenvalue weighted by Gasteiger charge is -2.37. The van der Waals surface area contributed by atoms with Crippen LogP contribution in [0.1, 0.15) is 37.3 Å². The third-order valence-corrected chi connectivity index (χ3v) is 5.84. The summed E-state index contributed by atoms with van der Waals surface area (Å²) in [5.41, 5.74) is 1.77. The Morgan fingerprint density at radius 2 is 1.93 bits per heavy atom. The fourth-order valence-electron chi connectivity index (χ4n) is 3.73. The summed E-state index contributed by atoms with van der Waals surface area (Å²) >= 11 is 6.19. The van der Waals surface area contributed by atoms with Crippen molar-refractivity contribution >= 4 is 23.4 Å². The first-order valence-electron chi connectivity index (χ1n) is 9.38. The number of hydrogen-bond donors (Lipinski definition) is 0. The molecule has 0 saturated heterocycles. The third kappa shape index (κ3) is 4.33. The molecular weight excluding hydrogens is 384 g/mol. The van der Waals surface area contributed by atoms with Crippen LogP contribution in [0.3, 0.4) is 0 Å². The monoisotopic (exact) mass is 408 g/mol. The first-order valence-corrected chi connectivity index (χ1v) is 9.75. The van der Waals surface area contributed by atoms with Crippen molar-refractivity contribution in [2.45, 2.75) is 58.3 Å². The van der Waals surface area contributed by atoms with Gasteiger partial charge in [-0.2, -0.15) is 0 Å². The number of rotatable bonds is 5. The fourth-order valence-corrected chi connectivity index (χ4v) is 3.84. The molecule has 1 aromatic carbocycles. The molecule has 0 aromatic heterocycles. The van der Waals surface area contributed by atoms with Gasteiger partial charge in [0.15, 0.2) is 6.10 Å². The SMILES string of the molecule is COC(=O)C(C)OC1CCC2C(=O)C(Oc3cc(C)c(Cl)c(C)c3)=COC2C1. The standard InChI is InChI=1S/C21H25ClO6/c1-11-7-15(8-12(2)19(11)22)28-18-10-26-17-9-14(5-6-16(17)20(18)23)27-13(3)21(24)25-4/h7-8,10,13-14,16-17H,5-6,9H2,1-4H3. The van der Waals surface area contributed by atoms with Gasteiger partial charge in [-0.1, -0.05) is 11.6 Å². The van der Waals surface area contributed by atoms with E-state index in [9.17, 15) is 9.59 Å². The molecule has 7 heteroatoms. The minimum absolute atomic E-state index is 0.0685. The summed E-state index contributed by atoms with van der Waals surface area (Å²) in [5.74, 6) is 0.00490. The van der Waals surface area contributed by atoms with Gasteiger partial charge in [0.1, 0.15) is 18.1 Å². The second-order valence-electron chi connectivity index (χ2n) is 7.34. The zero-order valence-electron chi connectivity index (χ0n) is 16.5. The number of fused-ring (bicyclic) bond motifs is 1. The Hall–Kier alpha value is -2.05. The largest absolute Gasteiger partial charge is 0.493 e. The number of Topliss-reactive ketones (excluding diaryl/α,β-unsaturated/α-hetero) is 1. The van der Waals surface area contributed by atoms with Gasteiger partial charge >= 0.3 is 5.97 Å². The molecule has 4 atom stereocenters. The smallest absolute Gasteiger partial charge is 0.334 e. The maximum atomic E-state index is 12.9. The number of allylic oxidation sites excluding steroid dienone is 1. The molecule has 1 aromatic rings. The van der Waals surface area contributed by atoms with Crippen LogP contribution in [0.25, 0.3) is 0 Å². The van der Waals surface area contributed by atoms with Gasteiger partial charge in [-0.25, -0.2) is 4.79 Å². The molecule has 1 heterocycles. The molecule has 6 nitrogen and oxygen atoms in total. The van der Waals surface area contributed by atoms with Crippen molar-refractivity contribution in [2.24, 2.45) is 5.92 Å². The zero-order valence-corrected chi connectivity index (χ0v) is 17.2. The van der Waals surface area contributed by atoms with Gasteiger partial charge in [-0.05, 0) is 56.9 Å². The van der Waals surface area contributed by atoms with Gasteiger partial charge in [-0.15, -0.1) is 0 Å². The first kappa shape index (κ1) is 20.7. The molecule has 0 bridgehead atoms. The predicted molar refractivity (Wildman–Crippen MR) is 103 cm³/mol. The number of benzene rings is 1. The molecule has 1 aliphatic heterocycles. The summed E-state index contributed by atoms with van der Waals surface area (Å²) in [4.78, 5) is 24.4. The van der Waals surface area contributed by atoms with Gasteiger partial charge in [0, 0.05) is 11.4 Å². The number of hydrogen-bond acceptors (Lipinski definition) is 6. The number of methoxy groups -OCH3 is 1. The maximum Gasteiger partial charge on any atom is 0.334 e. The summed E-state index contributed by atoms with van der Waals surface area (Å²) in [6.45, 7) is 5.44. The first-order chi connectivity index (χ1) is 13.3. The molecule has 0 N–H and O–H groups in total. The molecular formula is C21H25ClO6. The van der Waals surface area contributed by atoms with Gasteiger partial charge in [0.2, 0.25) is 11.5 Å². The molecule has 1 aliphatic carbocycles. The highest BCUT2D eigenvalue weighted by molar-refractivity contribution is 6.32. The highest BCUT2D eigenvalue weighted by Gasteiger charge is 2.42. The van der Waals surface area contributed by atoms with E-state index in [4.69, 9.17) is 25.8 Å². The number of aryl methyl sites for hydroxylation is 2. The highest BCUT2D eigenvalue weighted by Crippen LogP contribution is 2.36. The van der Waals surface area contributed by atoms with Gasteiger partial charge in [0.25, 0.3) is 0 Å². The number of ether oxygens (including phenoxy) is 4. The lowest BCUT2D eigenvalue weighted by atomic mass is 9.80. The number of carbonyl (C=O) groups excluding carboxylic acids is 2. The normalized spacial score (nSPS) is 25.2. The molecule has 0 spiro atoms. The minimum Gasteiger partial charge on any atom is -0.493 e. The van der Waals surface area contributed by atoms with Crippen LogP contribution in [-0.4, -0.2) is 37.2 Å². The Kier molecular flexibility index (Phi) is 6.30. The summed E-state index contributed by atoms with van der Waals surface area (Å²) in [6, 6.07) is 3.60. The molecule has 152 valence electrons. The van der Waals surface area contributed by atoms with Crippen molar-refractivity contribution in [3.8, 4) is 5.75 Å². The average molecular weight is 409 g/mol. The maximum absolute atomic E-state index is 12.9. The van der Waals surface area contributed by atoms with Gasteiger partial charge in [0.05, 0.1) is 19.1 Å². The predicted octanol–water partition coefficient (Wildman–Crippen LogP) is 3.89. The molecule has 1 fully saturated rings. The third-order valence-electron chi connectivity index (χ3n) is 5.24. The van der Waals surface area contributed by atoms with E-state index in [1.807, 2.05) is 13.8 Å². The van der Waals surface area contributed by atoms with Crippen molar-refractivity contribution in [3.63, 3.8) is 0 Å². The fraction of sp³-hybridized carbons (Fsp3) is 0.524. The minimum atomic E-state index is -0.642. The quantitative estimate of drug-likeness (QED) is 0.688. The Labute approximate surface area is 169 Å². The van der Waals surface area contributed by atoms with Gasteiger partial charge < -0.3 is 18.9 Å². The lowest BCUT2D eigenvalue weighted by Crippen LogP contribution is -2.43. The topological polar surface area (TPSA) is 71.1 Å². The zero-order chi connectivity index (χ0) is 20.4. The van der Waals surface area contributed by atoms with Crippen molar-refractivity contribution in [1.29, 1.82) is 0 Å². The second-order valence-corrected chi connectivity index (χ2v) is 7.71. The van der Waals surface area contributed by atoms with Crippen LogP contribution >= 0.6 is 11.6 Å². The van der Waals surface area contributed by atoms with E-state index in [0.717, 1.165) is 11.1 Å². The molecule has 0 amide bonds. The van der Waals surface area contributed by atoms with Crippen LogP contribution in [0.2, 0.25) is 5.02 Å². The summed E-state index contributed by atoms with van der Waals surface area (Å²) in [5, 5.41) is 0.687. The Bertz CT molecular complexity index is 779. The summed E-state index contributed by atoms with van der Waals surface area (Å²) < 4.78 is 22.0. The van der Waals surface area contributed by atoms with Crippen LogP contribution in [0.4, 0.5) is 0 Å². The lowest BCUT2D eigenvalue weighted by molar-refractivity contribution is -0.161. The van der Waals surface area contributed by atoms with E-state index in [1.165, 1.54) is 13.4 Å². The van der Waals surface area contributed by atoms with E-state index < -0.39 is 12.1 Å². The Morgan fingerprint density at radius 3 is 2.57 bits per heavy atom. The van der Waals surface area contributed by atoms with E-state index in [1.54, 1.807) is 19.1 Å². The molecule has 4 unspecified atom stereocenters. The summed E-state index contributed by atoms with van der Waals surface area (Å²) in [7, 11) is 1.33. The average Bonchev–Trinajstić information content (AvgIpc) is 2.67. The van der Waals surface area contributed by atoms with E-state index in [-0.39, 0.29) is 29.7 Å². The Balaban J connectivity index is 1.66. The molecule has 28 heavy (non-hydrogen) atoms. The molecule has 1 saturated carbocycles. The van der Waals surface area contributed by atoms with Crippen molar-refractivity contribution in [2.75, 3.05) is 7.11 Å². The molecule has 3 rings (SSSR count). The Morgan fingerprint density at radius 1 is 1.25 bits per heavy atom.